The first kappa shape index (κ1) is 53.2. The summed E-state index contributed by atoms with van der Waals surface area (Å²) >= 11 is 0. The number of amides is 7. The molecule has 2 atom stereocenters. The summed E-state index contributed by atoms with van der Waals surface area (Å²) in [5.41, 5.74) is 12.3. The molecule has 0 saturated carbocycles. The van der Waals surface area contributed by atoms with E-state index >= 15 is 0 Å². The molecule has 19 nitrogen and oxygen atoms in total. The second-order valence-electron chi connectivity index (χ2n) is 18.5. The van der Waals surface area contributed by atoms with Gasteiger partial charge >= 0.3 is 12.1 Å². The molecule has 6 N–H and O–H groups in total. The number of hydrogen-bond acceptors (Lipinski definition) is 12. The smallest absolute Gasteiger partial charge is 0.410 e. The molecule has 74 heavy (non-hydrogen) atoms. The second-order valence-corrected chi connectivity index (χ2v) is 18.5. The number of rotatable bonds is 25. The predicted molar refractivity (Wildman–Crippen MR) is 277 cm³/mol. The van der Waals surface area contributed by atoms with Gasteiger partial charge in [0.2, 0.25) is 11.8 Å². The standard InChI is InChI=1S/C55H61N11O8/c1-35(2)50(64-47(68)17-8-5-9-29-66-48(69)24-25-49(66)70)45(67)31-40(15-11-26-59-54(56)72)53(71)61-41-21-18-38(19-22-41)34-74-55(73)65(32-37-13-6-4-7-14-37)33-46-62-51(52(63-46)43-16-10-12-36(3)60-43)39-20-23-42-44(30-39)58-28-27-57-42/h4,6-7,10,12-14,16,18-25,27-28,30,35,40,50H,5,8-9,11,15,17,26,29,31-34H2,1-3H3,(H,61,71)(H,62,63)(H,64,68)(H3,56,59,72)/t40-,50+/m1/s1. The molecule has 0 bridgehead atoms. The minimum Gasteiger partial charge on any atom is -0.445 e. The van der Waals surface area contributed by atoms with E-state index in [4.69, 9.17) is 20.4 Å². The van der Waals surface area contributed by atoms with E-state index in [-0.39, 0.29) is 81.5 Å². The average molecular weight is 1000 g/mol. The van der Waals surface area contributed by atoms with E-state index in [1.165, 1.54) is 12.2 Å². The van der Waals surface area contributed by atoms with E-state index < -0.39 is 30.0 Å². The molecule has 0 aliphatic carbocycles. The van der Waals surface area contributed by atoms with Gasteiger partial charge in [0.25, 0.3) is 11.8 Å². The van der Waals surface area contributed by atoms with Crippen LogP contribution < -0.4 is 21.7 Å². The zero-order valence-electron chi connectivity index (χ0n) is 41.7. The molecule has 1 aliphatic heterocycles. The van der Waals surface area contributed by atoms with Crippen molar-refractivity contribution in [3.8, 4) is 22.6 Å². The fourth-order valence-electron chi connectivity index (χ4n) is 8.52. The SMILES string of the molecule is Cc1cccc(-c2[nH]c(CN(Cc3ccccc3)C(=O)OCc3ccc(NC(=O)[C@H](CCCNC(N)=O)CC(=O)[C@@H](NC(=O)CCCCCN4C(=O)C=CC4=O)C(C)C)cc3)nc2-c2ccc3nccnc3c2)n1. The third kappa shape index (κ3) is 15.0. The van der Waals surface area contributed by atoms with Crippen molar-refractivity contribution in [2.45, 2.75) is 91.5 Å². The van der Waals surface area contributed by atoms with E-state index in [2.05, 4.69) is 30.9 Å². The number of pyridine rings is 1. The lowest BCUT2D eigenvalue weighted by Crippen LogP contribution is -2.45. The van der Waals surface area contributed by atoms with Gasteiger partial charge in [-0.1, -0.05) is 74.9 Å². The molecule has 384 valence electrons. The summed E-state index contributed by atoms with van der Waals surface area (Å²) < 4.78 is 5.91. The van der Waals surface area contributed by atoms with Crippen molar-refractivity contribution in [1.82, 2.24) is 45.4 Å². The highest BCUT2D eigenvalue weighted by molar-refractivity contribution is 6.12. The summed E-state index contributed by atoms with van der Waals surface area (Å²) in [4.78, 5) is 115. The molecule has 6 aromatic rings. The largest absolute Gasteiger partial charge is 0.445 e. The fourth-order valence-corrected chi connectivity index (χ4v) is 8.52. The Morgan fingerprint density at radius 1 is 0.797 bits per heavy atom. The van der Waals surface area contributed by atoms with Crippen LogP contribution in [0.15, 0.2) is 116 Å². The first-order valence-electron chi connectivity index (χ1n) is 24.7. The van der Waals surface area contributed by atoms with E-state index in [9.17, 15) is 33.6 Å². The fraction of sp³-hybridized carbons (Fsp3) is 0.327. The number of nitrogens with two attached hydrogens (primary N) is 1. The van der Waals surface area contributed by atoms with Gasteiger partial charge in [0, 0.05) is 79.9 Å². The Kier molecular flexibility index (Phi) is 18.5. The molecule has 3 aromatic heterocycles. The second kappa shape index (κ2) is 25.7. The lowest BCUT2D eigenvalue weighted by atomic mass is 9.89. The van der Waals surface area contributed by atoms with Gasteiger partial charge in [-0.25, -0.2) is 14.6 Å². The number of imidazole rings is 1. The van der Waals surface area contributed by atoms with Crippen molar-refractivity contribution in [1.29, 1.82) is 0 Å². The molecular formula is C55H61N11O8. The van der Waals surface area contributed by atoms with Gasteiger partial charge in [0.1, 0.15) is 12.4 Å². The number of aromatic nitrogens is 5. The molecule has 0 unspecified atom stereocenters. The van der Waals surface area contributed by atoms with Crippen molar-refractivity contribution in [2.75, 3.05) is 18.4 Å². The molecule has 0 saturated heterocycles. The lowest BCUT2D eigenvalue weighted by molar-refractivity contribution is -0.137. The number of nitrogens with one attached hydrogen (secondary N) is 4. The highest BCUT2D eigenvalue weighted by Crippen LogP contribution is 2.31. The summed E-state index contributed by atoms with van der Waals surface area (Å²) in [5.74, 6) is -2.34. The molecule has 7 amide bonds. The summed E-state index contributed by atoms with van der Waals surface area (Å²) in [6.45, 7) is 6.22. The molecule has 3 aromatic carbocycles. The van der Waals surface area contributed by atoms with Crippen molar-refractivity contribution < 1.29 is 38.3 Å². The number of benzene rings is 3. The number of urea groups is 1. The van der Waals surface area contributed by atoms with Crippen molar-refractivity contribution in [2.24, 2.45) is 17.6 Å². The van der Waals surface area contributed by atoms with Crippen molar-refractivity contribution in [3.05, 3.63) is 138 Å². The van der Waals surface area contributed by atoms with Crippen LogP contribution in [0.25, 0.3) is 33.7 Å². The molecule has 7 rings (SSSR count). The van der Waals surface area contributed by atoms with E-state index in [1.54, 1.807) is 41.6 Å². The Morgan fingerprint density at radius 2 is 1.54 bits per heavy atom. The maximum Gasteiger partial charge on any atom is 0.410 e. The van der Waals surface area contributed by atoms with Crippen LogP contribution in [-0.4, -0.2) is 95.4 Å². The number of hydrogen-bond donors (Lipinski definition) is 5. The van der Waals surface area contributed by atoms with Crippen LogP contribution in [0.2, 0.25) is 0 Å². The van der Waals surface area contributed by atoms with Gasteiger partial charge in [-0.3, -0.25) is 48.7 Å². The predicted octanol–water partition coefficient (Wildman–Crippen LogP) is 7.32. The van der Waals surface area contributed by atoms with Crippen LogP contribution >= 0.6 is 0 Å². The van der Waals surface area contributed by atoms with Gasteiger partial charge in [-0.15, -0.1) is 0 Å². The van der Waals surface area contributed by atoms with Crippen LogP contribution in [-0.2, 0) is 48.4 Å². The molecule has 0 spiro atoms. The molecule has 0 fully saturated rings. The van der Waals surface area contributed by atoms with Crippen LogP contribution in [0.4, 0.5) is 15.3 Å². The molecular weight excluding hydrogens is 943 g/mol. The van der Waals surface area contributed by atoms with Gasteiger partial charge < -0.3 is 31.4 Å². The number of aromatic amines is 1. The lowest BCUT2D eigenvalue weighted by Gasteiger charge is -2.24. The number of carbonyl (C=O) groups excluding carboxylic acids is 7. The van der Waals surface area contributed by atoms with E-state index in [0.29, 0.717) is 65.4 Å². The van der Waals surface area contributed by atoms with Gasteiger partial charge in [0.15, 0.2) is 5.78 Å². The number of aryl methyl sites for hydroxylation is 1. The molecule has 19 heteroatoms. The first-order valence-corrected chi connectivity index (χ1v) is 24.7. The minimum atomic E-state index is -0.853. The third-order valence-electron chi connectivity index (χ3n) is 12.4. The van der Waals surface area contributed by atoms with E-state index in [1.807, 2.05) is 87.5 Å². The maximum atomic E-state index is 14.0. The zero-order valence-corrected chi connectivity index (χ0v) is 41.7. The Bertz CT molecular complexity index is 2980. The number of Topliss-reactive ketones (excluding diaryl/α,β-unsaturated/α-hetero) is 1. The quantitative estimate of drug-likeness (QED) is 0.0279. The maximum absolute atomic E-state index is 14.0. The number of primary amides is 1. The number of H-pyrrole nitrogens is 1. The first-order chi connectivity index (χ1) is 35.7. The Hall–Kier alpha value is -8.61. The van der Waals surface area contributed by atoms with Gasteiger partial charge in [0.05, 0.1) is 40.7 Å². The van der Waals surface area contributed by atoms with Crippen LogP contribution in [0.5, 0.6) is 0 Å². The summed E-state index contributed by atoms with van der Waals surface area (Å²) in [7, 11) is 0. The monoisotopic (exact) mass is 1000 g/mol. The molecule has 0 radical (unpaired) electrons. The number of fused-ring (bicyclic) bond motifs is 1. The molecule has 1 aliphatic rings. The summed E-state index contributed by atoms with van der Waals surface area (Å²) in [5, 5.41) is 8.26. The number of imide groups is 1. The third-order valence-corrected chi connectivity index (χ3v) is 12.4. The summed E-state index contributed by atoms with van der Waals surface area (Å²) in [6.07, 6.45) is 7.36. The average Bonchev–Trinajstić information content (AvgIpc) is 3.96. The van der Waals surface area contributed by atoms with Crippen molar-refractivity contribution in [3.63, 3.8) is 0 Å². The highest BCUT2D eigenvalue weighted by atomic mass is 16.6. The number of anilines is 1. The number of nitrogens with zero attached hydrogens (tertiary/aromatic N) is 6. The van der Waals surface area contributed by atoms with Gasteiger partial charge in [-0.2, -0.15) is 0 Å². The van der Waals surface area contributed by atoms with Crippen LogP contribution in [0, 0.1) is 18.8 Å². The number of unbranched alkanes of at least 4 members (excludes halogenated alkanes) is 2. The number of ether oxygens (including phenoxy) is 1. The van der Waals surface area contributed by atoms with Crippen molar-refractivity contribution >= 4 is 58.3 Å². The molecule has 4 heterocycles. The number of ketones is 1. The normalized spacial score (nSPS) is 12.9. The Balaban J connectivity index is 0.982. The van der Waals surface area contributed by atoms with Gasteiger partial charge in [-0.05, 0) is 86.1 Å². The zero-order chi connectivity index (χ0) is 52.6. The van der Waals surface area contributed by atoms with E-state index in [0.717, 1.165) is 27.2 Å². The number of carbonyl (C=O) groups is 7. The minimum absolute atomic E-state index is 0.0740. The van der Waals surface area contributed by atoms with Crippen LogP contribution in [0.3, 0.4) is 0 Å². The van der Waals surface area contributed by atoms with Crippen LogP contribution in [0.1, 0.15) is 81.4 Å². The Labute approximate surface area is 428 Å². The highest BCUT2D eigenvalue weighted by Gasteiger charge is 2.30. The topological polar surface area (TPSA) is 265 Å². The Morgan fingerprint density at radius 3 is 2.26 bits per heavy atom. The summed E-state index contributed by atoms with van der Waals surface area (Å²) in [6, 6.07) is 26.3.